The second kappa shape index (κ2) is 9.64. The van der Waals surface area contributed by atoms with Gasteiger partial charge in [-0.05, 0) is 87.0 Å². The van der Waals surface area contributed by atoms with Crippen LogP contribution in [-0.4, -0.2) is 46.4 Å². The van der Waals surface area contributed by atoms with E-state index in [-0.39, 0.29) is 11.9 Å². The molecule has 0 spiro atoms. The molecule has 188 valence electrons. The van der Waals surface area contributed by atoms with Gasteiger partial charge >= 0.3 is 0 Å². The van der Waals surface area contributed by atoms with E-state index in [1.165, 1.54) is 24.0 Å². The number of fused-ring (bicyclic) bond motifs is 4. The van der Waals surface area contributed by atoms with E-state index >= 15 is 0 Å². The lowest BCUT2D eigenvalue weighted by Gasteiger charge is -2.45. The lowest BCUT2D eigenvalue weighted by atomic mass is 9.84. The molecule has 2 aromatic rings. The van der Waals surface area contributed by atoms with Crippen LogP contribution in [0.2, 0.25) is 0 Å². The second-order valence-electron chi connectivity index (χ2n) is 10.6. The van der Waals surface area contributed by atoms with Crippen LogP contribution in [0.5, 0.6) is 0 Å². The first kappa shape index (κ1) is 23.7. The molecule has 1 aromatic carbocycles. The third-order valence-corrected chi connectivity index (χ3v) is 8.33. The SMILES string of the molecule is C=Cc1ccc(-c2ncccc2C2=CN3C(C(=O)N[C@@H]4CN5CCC4CC5)=CCC(C)=C3C=C2)cc1C. The number of allylic oxidation sites excluding steroid dienone is 5. The van der Waals surface area contributed by atoms with Crippen LogP contribution in [0.25, 0.3) is 22.9 Å². The molecular weight excluding hydrogens is 456 g/mol. The number of aryl methyl sites for hydroxylation is 1. The highest BCUT2D eigenvalue weighted by atomic mass is 16.2. The number of hydrogen-bond donors (Lipinski definition) is 1. The second-order valence-corrected chi connectivity index (χ2v) is 10.6. The number of nitrogens with zero attached hydrogens (tertiary/aromatic N) is 3. The summed E-state index contributed by atoms with van der Waals surface area (Å²) in [6, 6.07) is 10.7. The fourth-order valence-electron chi connectivity index (χ4n) is 6.15. The zero-order valence-corrected chi connectivity index (χ0v) is 21.7. The lowest BCUT2D eigenvalue weighted by Crippen LogP contribution is -2.57. The summed E-state index contributed by atoms with van der Waals surface area (Å²) in [6.45, 7) is 11.5. The highest BCUT2D eigenvalue weighted by molar-refractivity contribution is 5.95. The molecule has 7 rings (SSSR count). The molecule has 1 N–H and O–H groups in total. The Labute approximate surface area is 219 Å². The normalized spacial score (nSPS) is 24.4. The molecule has 0 aliphatic carbocycles. The Morgan fingerprint density at radius 2 is 2.00 bits per heavy atom. The van der Waals surface area contributed by atoms with Gasteiger partial charge in [0.15, 0.2) is 0 Å². The maximum atomic E-state index is 13.6. The molecule has 1 amide bonds. The van der Waals surface area contributed by atoms with Crippen molar-refractivity contribution in [1.29, 1.82) is 0 Å². The van der Waals surface area contributed by atoms with E-state index in [1.807, 2.05) is 18.3 Å². The molecule has 0 radical (unpaired) electrons. The number of amides is 1. The van der Waals surface area contributed by atoms with Gasteiger partial charge in [-0.2, -0.15) is 0 Å². The van der Waals surface area contributed by atoms with Gasteiger partial charge in [-0.25, -0.2) is 0 Å². The van der Waals surface area contributed by atoms with Crippen molar-refractivity contribution in [2.75, 3.05) is 19.6 Å². The third kappa shape index (κ3) is 4.38. The van der Waals surface area contributed by atoms with E-state index in [2.05, 4.69) is 84.2 Å². The minimum Gasteiger partial charge on any atom is -0.346 e. The number of pyridine rings is 1. The van der Waals surface area contributed by atoms with Crippen molar-refractivity contribution in [1.82, 2.24) is 20.1 Å². The fourth-order valence-corrected chi connectivity index (χ4v) is 6.15. The van der Waals surface area contributed by atoms with Crippen LogP contribution < -0.4 is 5.32 Å². The smallest absolute Gasteiger partial charge is 0.268 e. The van der Waals surface area contributed by atoms with Crippen molar-refractivity contribution in [3.8, 4) is 11.3 Å². The van der Waals surface area contributed by atoms with Gasteiger partial charge in [-0.15, -0.1) is 0 Å². The van der Waals surface area contributed by atoms with E-state index in [0.717, 1.165) is 65.4 Å². The van der Waals surface area contributed by atoms with Crippen molar-refractivity contribution in [3.63, 3.8) is 0 Å². The number of hydrogen-bond acceptors (Lipinski definition) is 4. The van der Waals surface area contributed by atoms with Crippen LogP contribution in [0.1, 0.15) is 42.9 Å². The molecule has 2 bridgehead atoms. The number of piperidine rings is 3. The molecule has 5 aliphatic heterocycles. The van der Waals surface area contributed by atoms with Crippen molar-refractivity contribution >= 4 is 17.6 Å². The molecule has 3 saturated heterocycles. The van der Waals surface area contributed by atoms with Crippen LogP contribution in [0.15, 0.2) is 84.5 Å². The third-order valence-electron chi connectivity index (χ3n) is 8.33. The van der Waals surface area contributed by atoms with Gasteiger partial charge in [0, 0.05) is 47.4 Å². The zero-order chi connectivity index (χ0) is 25.5. The standard InChI is InChI=1S/C32H34N4O/c1-4-23-8-9-25(18-22(23)3)31-27(6-5-15-33-31)26-10-12-29-21(2)7-11-30(36(29)19-26)32(37)34-28-20-35-16-13-24(28)14-17-35/h4-6,8-12,15,18-19,24,28H,1,7,13-14,16-17,20H2,2-3H3,(H,34,37)/t28-/m1/s1. The summed E-state index contributed by atoms with van der Waals surface area (Å²) >= 11 is 0. The van der Waals surface area contributed by atoms with Gasteiger partial charge in [0.2, 0.25) is 0 Å². The number of aromatic nitrogens is 1. The predicted octanol–water partition coefficient (Wildman–Crippen LogP) is 5.68. The minimum atomic E-state index is 0.0247. The summed E-state index contributed by atoms with van der Waals surface area (Å²) < 4.78 is 0. The van der Waals surface area contributed by atoms with E-state index in [9.17, 15) is 4.79 Å². The van der Waals surface area contributed by atoms with Crippen LogP contribution in [0, 0.1) is 12.8 Å². The molecule has 5 heteroatoms. The Morgan fingerprint density at radius 3 is 2.73 bits per heavy atom. The van der Waals surface area contributed by atoms with E-state index < -0.39 is 0 Å². The van der Waals surface area contributed by atoms with E-state index in [4.69, 9.17) is 4.98 Å². The first-order valence-corrected chi connectivity index (χ1v) is 13.3. The predicted molar refractivity (Wildman–Crippen MR) is 150 cm³/mol. The van der Waals surface area contributed by atoms with Crippen LogP contribution >= 0.6 is 0 Å². The monoisotopic (exact) mass is 490 g/mol. The molecular formula is C32H34N4O. The van der Waals surface area contributed by atoms with E-state index in [1.54, 1.807) is 0 Å². The number of carbonyl (C=O) groups is 1. The largest absolute Gasteiger partial charge is 0.346 e. The van der Waals surface area contributed by atoms with Crippen molar-refractivity contribution in [2.24, 2.45) is 5.92 Å². The van der Waals surface area contributed by atoms with Crippen LogP contribution in [0.3, 0.4) is 0 Å². The average Bonchev–Trinajstić information content (AvgIpc) is 2.93. The number of benzene rings is 1. The van der Waals surface area contributed by atoms with Crippen molar-refractivity contribution < 1.29 is 4.79 Å². The van der Waals surface area contributed by atoms with Crippen LogP contribution in [0.4, 0.5) is 0 Å². The molecule has 37 heavy (non-hydrogen) atoms. The van der Waals surface area contributed by atoms with Gasteiger partial charge in [-0.3, -0.25) is 9.78 Å². The quantitative estimate of drug-likeness (QED) is 0.585. The summed E-state index contributed by atoms with van der Waals surface area (Å²) in [5.41, 5.74) is 9.44. The topological polar surface area (TPSA) is 48.5 Å². The summed E-state index contributed by atoms with van der Waals surface area (Å²) in [5, 5.41) is 3.39. The first-order valence-electron chi connectivity index (χ1n) is 13.3. The number of carbonyl (C=O) groups excluding carboxylic acids is 1. The van der Waals surface area contributed by atoms with Gasteiger partial charge < -0.3 is 15.1 Å². The molecule has 1 atom stereocenters. The number of nitrogens with one attached hydrogen (secondary N) is 1. The molecule has 0 unspecified atom stereocenters. The van der Waals surface area contributed by atoms with Crippen molar-refractivity contribution in [2.45, 2.75) is 39.2 Å². The Hall–Kier alpha value is -3.70. The van der Waals surface area contributed by atoms with Gasteiger partial charge in [0.25, 0.3) is 5.91 Å². The molecule has 0 saturated carbocycles. The van der Waals surface area contributed by atoms with Crippen LogP contribution in [-0.2, 0) is 4.79 Å². The Morgan fingerprint density at radius 1 is 1.16 bits per heavy atom. The molecule has 3 fully saturated rings. The minimum absolute atomic E-state index is 0.0247. The first-order chi connectivity index (χ1) is 18.0. The Balaban J connectivity index is 1.32. The van der Waals surface area contributed by atoms with Crippen molar-refractivity contribution in [3.05, 3.63) is 101 Å². The zero-order valence-electron chi connectivity index (χ0n) is 21.7. The van der Waals surface area contributed by atoms with Gasteiger partial charge in [-0.1, -0.05) is 43.0 Å². The van der Waals surface area contributed by atoms with Gasteiger partial charge in [0.1, 0.15) is 5.70 Å². The lowest BCUT2D eigenvalue weighted by molar-refractivity contribution is -0.120. The molecule has 1 aromatic heterocycles. The molecule has 5 nitrogen and oxygen atoms in total. The summed E-state index contributed by atoms with van der Waals surface area (Å²) in [4.78, 5) is 22.9. The van der Waals surface area contributed by atoms with E-state index in [0.29, 0.717) is 5.92 Å². The maximum Gasteiger partial charge on any atom is 0.268 e. The summed E-state index contributed by atoms with van der Waals surface area (Å²) in [5.74, 6) is 0.618. The number of rotatable bonds is 5. The van der Waals surface area contributed by atoms with Gasteiger partial charge in [0.05, 0.1) is 5.69 Å². The molecule has 5 aliphatic rings. The highest BCUT2D eigenvalue weighted by Gasteiger charge is 2.36. The Kier molecular flexibility index (Phi) is 6.17. The molecule has 6 heterocycles. The maximum absolute atomic E-state index is 13.6. The highest BCUT2D eigenvalue weighted by Crippen LogP contribution is 2.37. The summed E-state index contributed by atoms with van der Waals surface area (Å²) in [7, 11) is 0. The average molecular weight is 491 g/mol. The fraction of sp³-hybridized carbons (Fsp3) is 0.312. The Bertz CT molecular complexity index is 1390. The summed E-state index contributed by atoms with van der Waals surface area (Å²) in [6.07, 6.45) is 15.3.